The molecule has 0 spiro atoms. The Morgan fingerprint density at radius 3 is 2.94 bits per heavy atom. The van der Waals surface area contributed by atoms with Gasteiger partial charge in [-0.05, 0) is 30.9 Å². The first-order chi connectivity index (χ1) is 7.81. The Balaban J connectivity index is 1.96. The van der Waals surface area contributed by atoms with Gasteiger partial charge in [-0.1, -0.05) is 25.1 Å². The normalized spacial score (nSPS) is 28.4. The van der Waals surface area contributed by atoms with E-state index >= 15 is 0 Å². The predicted octanol–water partition coefficient (Wildman–Crippen LogP) is 2.54. The highest BCUT2D eigenvalue weighted by atomic mass is 16.5. The van der Waals surface area contributed by atoms with E-state index in [1.807, 2.05) is 0 Å². The Morgan fingerprint density at radius 1 is 1.44 bits per heavy atom. The van der Waals surface area contributed by atoms with Crippen LogP contribution in [0.5, 0.6) is 5.75 Å². The van der Waals surface area contributed by atoms with Crippen LogP contribution >= 0.6 is 0 Å². The summed E-state index contributed by atoms with van der Waals surface area (Å²) in [4.78, 5) is 0. The third-order valence-electron chi connectivity index (χ3n) is 3.99. The van der Waals surface area contributed by atoms with E-state index in [2.05, 4.69) is 37.5 Å². The van der Waals surface area contributed by atoms with Crippen LogP contribution in [-0.4, -0.2) is 13.7 Å². The maximum Gasteiger partial charge on any atom is 0.127 e. The third-order valence-corrected chi connectivity index (χ3v) is 3.99. The quantitative estimate of drug-likeness (QED) is 0.840. The van der Waals surface area contributed by atoms with Crippen molar-refractivity contribution in [3.63, 3.8) is 0 Å². The highest BCUT2D eigenvalue weighted by Gasteiger charge is 2.41. The van der Waals surface area contributed by atoms with Crippen molar-refractivity contribution >= 4 is 0 Å². The van der Waals surface area contributed by atoms with Gasteiger partial charge in [-0.15, -0.1) is 0 Å². The third kappa shape index (κ3) is 1.52. The van der Waals surface area contributed by atoms with Gasteiger partial charge in [0, 0.05) is 18.0 Å². The van der Waals surface area contributed by atoms with Gasteiger partial charge in [0.25, 0.3) is 0 Å². The molecule has 1 saturated carbocycles. The zero-order chi connectivity index (χ0) is 11.1. The SMILES string of the molecule is CNC(c1cccc2c1OCC2)C1CC1C. The largest absolute Gasteiger partial charge is 0.493 e. The van der Waals surface area contributed by atoms with Crippen molar-refractivity contribution in [3.8, 4) is 5.75 Å². The van der Waals surface area contributed by atoms with Gasteiger partial charge < -0.3 is 10.1 Å². The van der Waals surface area contributed by atoms with Gasteiger partial charge in [-0.25, -0.2) is 0 Å². The summed E-state index contributed by atoms with van der Waals surface area (Å²) in [6, 6.07) is 7.05. The van der Waals surface area contributed by atoms with Gasteiger partial charge in [0.05, 0.1) is 6.61 Å². The van der Waals surface area contributed by atoms with Gasteiger partial charge >= 0.3 is 0 Å². The number of fused-ring (bicyclic) bond motifs is 1. The lowest BCUT2D eigenvalue weighted by Gasteiger charge is -2.19. The van der Waals surface area contributed by atoms with E-state index in [-0.39, 0.29) is 0 Å². The second-order valence-electron chi connectivity index (χ2n) is 5.08. The van der Waals surface area contributed by atoms with E-state index in [0.717, 1.165) is 30.6 Å². The fraction of sp³-hybridized carbons (Fsp3) is 0.571. The minimum Gasteiger partial charge on any atom is -0.493 e. The van der Waals surface area contributed by atoms with E-state index < -0.39 is 0 Å². The number of para-hydroxylation sites is 1. The molecule has 86 valence electrons. The Morgan fingerprint density at radius 2 is 2.25 bits per heavy atom. The lowest BCUT2D eigenvalue weighted by Crippen LogP contribution is -2.19. The first-order valence-corrected chi connectivity index (χ1v) is 6.23. The van der Waals surface area contributed by atoms with Crippen molar-refractivity contribution in [1.82, 2.24) is 5.32 Å². The molecular weight excluding hydrogens is 198 g/mol. The standard InChI is InChI=1S/C14H19NO/c1-9-8-12(9)13(15-2)11-5-3-4-10-6-7-16-14(10)11/h3-5,9,12-13,15H,6-8H2,1-2H3. The molecule has 3 unspecified atom stereocenters. The van der Waals surface area contributed by atoms with Crippen LogP contribution in [0.4, 0.5) is 0 Å². The molecule has 0 saturated heterocycles. The minimum absolute atomic E-state index is 0.475. The number of nitrogens with one attached hydrogen (secondary N) is 1. The van der Waals surface area contributed by atoms with Gasteiger partial charge in [0.2, 0.25) is 0 Å². The highest BCUT2D eigenvalue weighted by Crippen LogP contribution is 2.49. The van der Waals surface area contributed by atoms with Crippen molar-refractivity contribution in [1.29, 1.82) is 0 Å². The number of ether oxygens (including phenoxy) is 1. The van der Waals surface area contributed by atoms with Crippen molar-refractivity contribution in [2.45, 2.75) is 25.8 Å². The lowest BCUT2D eigenvalue weighted by atomic mass is 9.98. The summed E-state index contributed by atoms with van der Waals surface area (Å²) in [6.45, 7) is 3.18. The number of hydrogen-bond donors (Lipinski definition) is 1. The Bertz CT molecular complexity index is 402. The molecule has 0 radical (unpaired) electrons. The predicted molar refractivity (Wildman–Crippen MR) is 64.7 cm³/mol. The molecule has 1 fully saturated rings. The molecule has 2 aliphatic rings. The van der Waals surface area contributed by atoms with Gasteiger partial charge in [0.1, 0.15) is 5.75 Å². The zero-order valence-corrected chi connectivity index (χ0v) is 9.99. The van der Waals surface area contributed by atoms with Crippen LogP contribution in [0.2, 0.25) is 0 Å². The van der Waals surface area contributed by atoms with Gasteiger partial charge in [-0.3, -0.25) is 0 Å². The Hall–Kier alpha value is -1.02. The van der Waals surface area contributed by atoms with Gasteiger partial charge in [0.15, 0.2) is 0 Å². The zero-order valence-electron chi connectivity index (χ0n) is 9.99. The molecule has 0 bridgehead atoms. The highest BCUT2D eigenvalue weighted by molar-refractivity contribution is 5.46. The summed E-state index contributed by atoms with van der Waals surface area (Å²) in [5, 5.41) is 3.46. The minimum atomic E-state index is 0.475. The molecule has 0 amide bonds. The lowest BCUT2D eigenvalue weighted by molar-refractivity contribution is 0.346. The van der Waals surface area contributed by atoms with E-state index in [9.17, 15) is 0 Å². The van der Waals surface area contributed by atoms with Crippen LogP contribution in [0, 0.1) is 11.8 Å². The van der Waals surface area contributed by atoms with Crippen LogP contribution in [0.1, 0.15) is 30.5 Å². The Kier molecular flexibility index (Phi) is 2.40. The molecule has 16 heavy (non-hydrogen) atoms. The van der Waals surface area contributed by atoms with Crippen LogP contribution in [0.3, 0.4) is 0 Å². The maximum atomic E-state index is 5.79. The van der Waals surface area contributed by atoms with E-state index in [1.165, 1.54) is 17.5 Å². The number of benzene rings is 1. The van der Waals surface area contributed by atoms with Crippen LogP contribution < -0.4 is 10.1 Å². The fourth-order valence-electron chi connectivity index (χ4n) is 2.90. The van der Waals surface area contributed by atoms with E-state index in [0.29, 0.717) is 6.04 Å². The topological polar surface area (TPSA) is 21.3 Å². The first kappa shape index (κ1) is 10.2. The van der Waals surface area contributed by atoms with Crippen molar-refractivity contribution in [2.24, 2.45) is 11.8 Å². The Labute approximate surface area is 97.0 Å². The monoisotopic (exact) mass is 217 g/mol. The summed E-state index contributed by atoms with van der Waals surface area (Å²) in [7, 11) is 2.06. The maximum absolute atomic E-state index is 5.79. The summed E-state index contributed by atoms with van der Waals surface area (Å²) >= 11 is 0. The summed E-state index contributed by atoms with van der Waals surface area (Å²) in [6.07, 6.45) is 2.41. The molecule has 3 atom stereocenters. The van der Waals surface area contributed by atoms with Crippen LogP contribution in [-0.2, 0) is 6.42 Å². The average molecular weight is 217 g/mol. The molecular formula is C14H19NO. The smallest absolute Gasteiger partial charge is 0.127 e. The van der Waals surface area contributed by atoms with Crippen molar-refractivity contribution < 1.29 is 4.74 Å². The summed E-state index contributed by atoms with van der Waals surface area (Å²) < 4.78 is 5.79. The molecule has 1 aromatic rings. The molecule has 1 aromatic carbocycles. The van der Waals surface area contributed by atoms with Gasteiger partial charge in [-0.2, -0.15) is 0 Å². The number of hydrogen-bond acceptors (Lipinski definition) is 2. The second kappa shape index (κ2) is 3.77. The summed E-state index contributed by atoms with van der Waals surface area (Å²) in [5.74, 6) is 2.80. The van der Waals surface area contributed by atoms with Crippen LogP contribution in [0.25, 0.3) is 0 Å². The fourth-order valence-corrected chi connectivity index (χ4v) is 2.90. The molecule has 1 N–H and O–H groups in total. The second-order valence-corrected chi connectivity index (χ2v) is 5.08. The molecule has 1 aliphatic heterocycles. The first-order valence-electron chi connectivity index (χ1n) is 6.23. The molecule has 3 rings (SSSR count). The van der Waals surface area contributed by atoms with Crippen molar-refractivity contribution in [2.75, 3.05) is 13.7 Å². The molecule has 2 nitrogen and oxygen atoms in total. The summed E-state index contributed by atoms with van der Waals surface area (Å²) in [5.41, 5.74) is 2.75. The van der Waals surface area contributed by atoms with E-state index in [1.54, 1.807) is 0 Å². The number of rotatable bonds is 3. The molecule has 1 heterocycles. The van der Waals surface area contributed by atoms with E-state index in [4.69, 9.17) is 4.74 Å². The van der Waals surface area contributed by atoms with Crippen LogP contribution in [0.15, 0.2) is 18.2 Å². The molecule has 1 aliphatic carbocycles. The van der Waals surface area contributed by atoms with Crippen molar-refractivity contribution in [3.05, 3.63) is 29.3 Å². The molecule has 2 heteroatoms. The molecule has 0 aromatic heterocycles. The average Bonchev–Trinajstić information content (AvgIpc) is 2.82.